The Labute approximate surface area is 194 Å². The minimum absolute atomic E-state index is 0.00909. The molecule has 0 bridgehead atoms. The van der Waals surface area contributed by atoms with Gasteiger partial charge >= 0.3 is 6.18 Å². The largest absolute Gasteiger partial charge is 0.433 e. The number of alkyl halides is 3. The van der Waals surface area contributed by atoms with Crippen molar-refractivity contribution in [1.82, 2.24) is 29.6 Å². The van der Waals surface area contributed by atoms with Crippen LogP contribution in [-0.2, 0) is 18.6 Å². The van der Waals surface area contributed by atoms with E-state index in [9.17, 15) is 13.2 Å². The van der Waals surface area contributed by atoms with Gasteiger partial charge in [-0.15, -0.1) is 10.2 Å². The van der Waals surface area contributed by atoms with Crippen molar-refractivity contribution in [2.75, 3.05) is 25.4 Å². The molecule has 5 rings (SSSR count). The predicted molar refractivity (Wildman–Crippen MR) is 120 cm³/mol. The molecule has 10 heteroatoms. The number of nitrogens with zero attached hydrogens (tertiary/aromatic N) is 6. The molecule has 1 aliphatic carbocycles. The van der Waals surface area contributed by atoms with Crippen molar-refractivity contribution in [1.29, 1.82) is 0 Å². The fourth-order valence-electron chi connectivity index (χ4n) is 4.80. The van der Waals surface area contributed by atoms with E-state index in [0.717, 1.165) is 72.1 Å². The lowest BCUT2D eigenvalue weighted by atomic mass is 9.96. The summed E-state index contributed by atoms with van der Waals surface area (Å²) in [4.78, 5) is 10.4. The van der Waals surface area contributed by atoms with Crippen molar-refractivity contribution in [2.45, 2.75) is 36.5 Å². The van der Waals surface area contributed by atoms with Gasteiger partial charge in [0.15, 0.2) is 11.0 Å². The van der Waals surface area contributed by atoms with Crippen LogP contribution in [0.1, 0.15) is 29.8 Å². The number of hydrogen-bond acceptors (Lipinski definition) is 6. The molecule has 1 aliphatic heterocycles. The third-order valence-corrected chi connectivity index (χ3v) is 7.81. The summed E-state index contributed by atoms with van der Waals surface area (Å²) < 4.78 is 40.4. The SMILES string of the molecule is Cc1ccc(-c2nnc(SCCCN3C[C@H]4C[C@@]4(c4ccc(C(F)(F)F)nc4)C3)n2C)cn1. The molecule has 2 atom stereocenters. The highest BCUT2D eigenvalue weighted by Crippen LogP contribution is 2.58. The molecule has 6 nitrogen and oxygen atoms in total. The van der Waals surface area contributed by atoms with Crippen LogP contribution in [0.15, 0.2) is 41.8 Å². The molecule has 1 saturated heterocycles. The topological polar surface area (TPSA) is 59.7 Å². The van der Waals surface area contributed by atoms with Gasteiger partial charge in [0.1, 0.15) is 5.69 Å². The van der Waals surface area contributed by atoms with Gasteiger partial charge in [-0.05, 0) is 56.0 Å². The molecule has 0 unspecified atom stereocenters. The standard InChI is InChI=1S/C23H25F3N6S/c1-15-4-5-16(11-27-15)20-29-30-21(31(20)2)33-9-3-8-32-13-18-10-22(18,14-32)17-6-7-19(28-12-17)23(24,25)26/h4-7,11-12,18H,3,8-10,13-14H2,1-2H3/t18-,22+/m1/s1. The van der Waals surface area contributed by atoms with Crippen molar-refractivity contribution < 1.29 is 13.2 Å². The molecule has 0 N–H and O–H groups in total. The molecule has 3 aromatic rings. The van der Waals surface area contributed by atoms with Crippen LogP contribution in [0, 0.1) is 12.8 Å². The van der Waals surface area contributed by atoms with E-state index in [2.05, 4.69) is 25.1 Å². The fraction of sp³-hybridized carbons (Fsp3) is 0.478. The van der Waals surface area contributed by atoms with Crippen molar-refractivity contribution in [3.63, 3.8) is 0 Å². The Bertz CT molecular complexity index is 1130. The quantitative estimate of drug-likeness (QED) is 0.375. The lowest BCUT2D eigenvalue weighted by Gasteiger charge is -2.21. The van der Waals surface area contributed by atoms with Crippen LogP contribution in [0.5, 0.6) is 0 Å². The first-order valence-electron chi connectivity index (χ1n) is 11.0. The van der Waals surface area contributed by atoms with Gasteiger partial charge in [0.2, 0.25) is 0 Å². The van der Waals surface area contributed by atoms with Crippen LogP contribution in [0.25, 0.3) is 11.4 Å². The van der Waals surface area contributed by atoms with Gasteiger partial charge in [-0.25, -0.2) is 0 Å². The molecule has 4 heterocycles. The van der Waals surface area contributed by atoms with Crippen LogP contribution in [0.3, 0.4) is 0 Å². The Balaban J connectivity index is 1.12. The number of fused-ring (bicyclic) bond motifs is 1. The number of likely N-dealkylation sites (tertiary alicyclic amines) is 1. The van der Waals surface area contributed by atoms with E-state index >= 15 is 0 Å². The molecule has 1 saturated carbocycles. The third-order valence-electron chi connectivity index (χ3n) is 6.70. The number of aryl methyl sites for hydroxylation is 1. The highest BCUT2D eigenvalue weighted by molar-refractivity contribution is 7.99. The summed E-state index contributed by atoms with van der Waals surface area (Å²) in [5, 5.41) is 9.52. The second kappa shape index (κ2) is 8.39. The fourth-order valence-corrected chi connectivity index (χ4v) is 5.64. The van der Waals surface area contributed by atoms with E-state index in [0.29, 0.717) is 5.92 Å². The van der Waals surface area contributed by atoms with Gasteiger partial charge in [-0.1, -0.05) is 17.8 Å². The second-order valence-electron chi connectivity index (χ2n) is 8.98. The predicted octanol–water partition coefficient (Wildman–Crippen LogP) is 4.36. The first-order chi connectivity index (χ1) is 15.8. The molecule has 0 amide bonds. The van der Waals surface area contributed by atoms with Gasteiger partial charge in [-0.3, -0.25) is 9.97 Å². The summed E-state index contributed by atoms with van der Waals surface area (Å²) in [5.74, 6) is 2.25. The first-order valence-corrected chi connectivity index (χ1v) is 12.0. The summed E-state index contributed by atoms with van der Waals surface area (Å²) in [6.07, 6.45) is 0.902. The summed E-state index contributed by atoms with van der Waals surface area (Å²) >= 11 is 1.69. The zero-order valence-corrected chi connectivity index (χ0v) is 19.3. The Morgan fingerprint density at radius 2 is 1.97 bits per heavy atom. The Hall–Kier alpha value is -2.46. The summed E-state index contributed by atoms with van der Waals surface area (Å²) in [5.41, 5.74) is 2.02. The maximum atomic E-state index is 12.8. The third kappa shape index (κ3) is 4.38. The number of rotatable bonds is 7. The lowest BCUT2D eigenvalue weighted by molar-refractivity contribution is -0.141. The zero-order chi connectivity index (χ0) is 23.2. The molecule has 2 fully saturated rings. The lowest BCUT2D eigenvalue weighted by Crippen LogP contribution is -2.28. The highest BCUT2D eigenvalue weighted by atomic mass is 32.2. The summed E-state index contributed by atoms with van der Waals surface area (Å²) in [6.45, 7) is 4.81. The molecular weight excluding hydrogens is 449 g/mol. The van der Waals surface area contributed by atoms with Gasteiger partial charge < -0.3 is 9.47 Å². The number of aromatic nitrogens is 5. The van der Waals surface area contributed by atoms with E-state index in [4.69, 9.17) is 0 Å². The Morgan fingerprint density at radius 3 is 2.67 bits per heavy atom. The van der Waals surface area contributed by atoms with E-state index in [-0.39, 0.29) is 5.41 Å². The van der Waals surface area contributed by atoms with E-state index in [1.54, 1.807) is 17.8 Å². The van der Waals surface area contributed by atoms with E-state index in [1.165, 1.54) is 6.20 Å². The zero-order valence-electron chi connectivity index (χ0n) is 18.5. The highest BCUT2D eigenvalue weighted by Gasteiger charge is 2.60. The van der Waals surface area contributed by atoms with Crippen LogP contribution in [0.2, 0.25) is 0 Å². The molecule has 33 heavy (non-hydrogen) atoms. The monoisotopic (exact) mass is 474 g/mol. The maximum absolute atomic E-state index is 12.8. The van der Waals surface area contributed by atoms with Crippen LogP contribution >= 0.6 is 11.8 Å². The average molecular weight is 475 g/mol. The minimum Gasteiger partial charge on any atom is -0.305 e. The molecule has 0 spiro atoms. The van der Waals surface area contributed by atoms with Gasteiger partial charge in [0.25, 0.3) is 0 Å². The number of halogens is 3. The molecule has 2 aliphatic rings. The maximum Gasteiger partial charge on any atom is 0.433 e. The Morgan fingerprint density at radius 1 is 1.12 bits per heavy atom. The molecule has 174 valence electrons. The van der Waals surface area contributed by atoms with Gasteiger partial charge in [0.05, 0.1) is 0 Å². The molecule has 0 radical (unpaired) electrons. The number of pyridine rings is 2. The normalized spacial score (nSPS) is 22.5. The second-order valence-corrected chi connectivity index (χ2v) is 10.0. The van der Waals surface area contributed by atoms with Crippen molar-refractivity contribution >= 4 is 11.8 Å². The van der Waals surface area contributed by atoms with Crippen LogP contribution in [0.4, 0.5) is 13.2 Å². The van der Waals surface area contributed by atoms with Crippen molar-refractivity contribution in [2.24, 2.45) is 13.0 Å². The summed E-state index contributed by atoms with van der Waals surface area (Å²) in [7, 11) is 1.97. The molecule has 3 aromatic heterocycles. The average Bonchev–Trinajstić information content (AvgIpc) is 3.16. The Kier molecular flexibility index (Phi) is 5.68. The number of thioether (sulfide) groups is 1. The summed E-state index contributed by atoms with van der Waals surface area (Å²) in [6, 6.07) is 6.69. The van der Waals surface area contributed by atoms with Crippen molar-refractivity contribution in [3.05, 3.63) is 53.6 Å². The number of hydrogen-bond donors (Lipinski definition) is 0. The van der Waals surface area contributed by atoms with E-state index in [1.807, 2.05) is 36.9 Å². The van der Waals surface area contributed by atoms with Crippen LogP contribution < -0.4 is 0 Å². The smallest absolute Gasteiger partial charge is 0.305 e. The van der Waals surface area contributed by atoms with Crippen LogP contribution in [-0.4, -0.2) is 55.0 Å². The molecule has 0 aromatic carbocycles. The van der Waals surface area contributed by atoms with Crippen molar-refractivity contribution in [3.8, 4) is 11.4 Å². The van der Waals surface area contributed by atoms with Gasteiger partial charge in [-0.2, -0.15) is 13.2 Å². The van der Waals surface area contributed by atoms with E-state index < -0.39 is 11.9 Å². The first kappa shape index (κ1) is 22.3. The number of piperidine rings is 1. The molecular formula is C23H25F3N6S. The van der Waals surface area contributed by atoms with Gasteiger partial charge in [0, 0.05) is 55.0 Å². The minimum atomic E-state index is -4.39.